The van der Waals surface area contributed by atoms with Gasteiger partial charge >= 0.3 is 17.7 Å². The molecule has 246 valence electrons. The summed E-state index contributed by atoms with van der Waals surface area (Å²) in [6, 6.07) is 20.6. The second kappa shape index (κ2) is 13.7. The molecule has 6 rings (SSSR count). The summed E-state index contributed by atoms with van der Waals surface area (Å²) in [5.41, 5.74) is 1.49. The van der Waals surface area contributed by atoms with Crippen LogP contribution in [0.3, 0.4) is 0 Å². The maximum absolute atomic E-state index is 15.9. The summed E-state index contributed by atoms with van der Waals surface area (Å²) in [5.74, 6) is -0.238. The summed E-state index contributed by atoms with van der Waals surface area (Å²) < 4.78 is 39.3. The highest BCUT2D eigenvalue weighted by atomic mass is 32.1. The number of hydrogen-bond donors (Lipinski definition) is 0. The summed E-state index contributed by atoms with van der Waals surface area (Å²) in [4.78, 5) is 45.5. The standard InChI is InChI=1S/C35H31FN4O7S/c1-5-25-17-28-32(42)39(19-30(46-20(2)41)21-12-14-24(44-3)15-13-21)35(43)40(33(28)48-25)18-23-11-10-22(16-29(23)36)26-8-6-7-9-27(26)31-37-34(45-4)47-38-31/h6-17,30H,5,18-19H2,1-4H3. The molecule has 1 unspecified atom stereocenters. The molecule has 0 fully saturated rings. The zero-order valence-electron chi connectivity index (χ0n) is 26.6. The molecule has 1 atom stereocenters. The Hall–Kier alpha value is -5.56. The molecule has 0 saturated carbocycles. The molecule has 3 heterocycles. The average Bonchev–Trinajstić information content (AvgIpc) is 3.76. The summed E-state index contributed by atoms with van der Waals surface area (Å²) in [6.07, 6.45) is -0.296. The number of carbonyl (C=O) groups is 1. The number of benzene rings is 3. The van der Waals surface area contributed by atoms with E-state index in [4.69, 9.17) is 18.7 Å². The van der Waals surface area contributed by atoms with Gasteiger partial charge in [0, 0.05) is 22.9 Å². The smallest absolute Gasteiger partial charge is 0.417 e. The molecule has 3 aromatic heterocycles. The molecule has 11 nitrogen and oxygen atoms in total. The van der Waals surface area contributed by atoms with Gasteiger partial charge in [-0.15, -0.1) is 11.3 Å². The summed E-state index contributed by atoms with van der Waals surface area (Å²) >= 11 is 1.31. The number of thiophene rings is 1. The highest BCUT2D eigenvalue weighted by molar-refractivity contribution is 7.18. The van der Waals surface area contributed by atoms with Crippen molar-refractivity contribution >= 4 is 27.5 Å². The Morgan fingerprint density at radius 3 is 2.38 bits per heavy atom. The van der Waals surface area contributed by atoms with E-state index in [1.54, 1.807) is 48.5 Å². The average molecular weight is 671 g/mol. The van der Waals surface area contributed by atoms with Crippen molar-refractivity contribution in [3.8, 4) is 34.3 Å². The molecule has 0 spiro atoms. The topological polar surface area (TPSA) is 128 Å². The van der Waals surface area contributed by atoms with Gasteiger partial charge in [0.05, 0.1) is 32.7 Å². The van der Waals surface area contributed by atoms with Crippen LogP contribution >= 0.6 is 11.3 Å². The van der Waals surface area contributed by atoms with E-state index in [1.807, 2.05) is 25.1 Å². The largest absolute Gasteiger partial charge is 0.497 e. The fourth-order valence-electron chi connectivity index (χ4n) is 5.47. The van der Waals surface area contributed by atoms with Crippen molar-refractivity contribution in [2.75, 3.05) is 14.2 Å². The van der Waals surface area contributed by atoms with Crippen molar-refractivity contribution in [3.05, 3.63) is 115 Å². The van der Waals surface area contributed by atoms with Crippen LogP contribution in [0, 0.1) is 5.82 Å². The maximum Gasteiger partial charge on any atom is 0.417 e. The van der Waals surface area contributed by atoms with E-state index in [0.29, 0.717) is 44.6 Å². The van der Waals surface area contributed by atoms with Crippen molar-refractivity contribution in [1.82, 2.24) is 19.3 Å². The van der Waals surface area contributed by atoms with Gasteiger partial charge in [0.2, 0.25) is 5.82 Å². The van der Waals surface area contributed by atoms with Gasteiger partial charge in [-0.05, 0) is 47.4 Å². The SMILES string of the molecule is CCc1cc2c(=O)n(CC(OC(C)=O)c3ccc(OC)cc3)c(=O)n(Cc3ccc(-c4ccccc4-c4noc(OC)n4)cc3F)c2s1. The van der Waals surface area contributed by atoms with E-state index in [0.717, 1.165) is 9.44 Å². The number of esters is 1. The predicted molar refractivity (Wildman–Crippen MR) is 178 cm³/mol. The minimum Gasteiger partial charge on any atom is -0.497 e. The van der Waals surface area contributed by atoms with Crippen LogP contribution in [0.5, 0.6) is 11.8 Å². The summed E-state index contributed by atoms with van der Waals surface area (Å²) in [6.45, 7) is 2.83. The Morgan fingerprint density at radius 2 is 1.73 bits per heavy atom. The zero-order valence-corrected chi connectivity index (χ0v) is 27.4. The van der Waals surface area contributed by atoms with Crippen molar-refractivity contribution in [3.63, 3.8) is 0 Å². The third-order valence-electron chi connectivity index (χ3n) is 7.88. The van der Waals surface area contributed by atoms with E-state index >= 15 is 4.39 Å². The third-order valence-corrected chi connectivity index (χ3v) is 9.18. The van der Waals surface area contributed by atoms with Crippen LogP contribution in [0.4, 0.5) is 4.39 Å². The fraction of sp³-hybridized carbons (Fsp3) is 0.229. The first-order valence-electron chi connectivity index (χ1n) is 15.0. The molecule has 0 amide bonds. The lowest BCUT2D eigenvalue weighted by molar-refractivity contribution is -0.147. The first kappa shape index (κ1) is 32.4. The van der Waals surface area contributed by atoms with Gasteiger partial charge in [0.1, 0.15) is 22.5 Å². The number of ether oxygens (including phenoxy) is 3. The quantitative estimate of drug-likeness (QED) is 0.152. The Bertz CT molecular complexity index is 2240. The van der Waals surface area contributed by atoms with Crippen LogP contribution in [0.2, 0.25) is 0 Å². The summed E-state index contributed by atoms with van der Waals surface area (Å²) in [5, 5.41) is 4.29. The number of nitrogens with zero attached hydrogens (tertiary/aromatic N) is 4. The van der Waals surface area contributed by atoms with Gasteiger partial charge in [-0.2, -0.15) is 4.98 Å². The molecule has 13 heteroatoms. The Morgan fingerprint density at radius 1 is 0.979 bits per heavy atom. The van der Waals surface area contributed by atoms with Gasteiger partial charge in [0.15, 0.2) is 0 Å². The second-order valence-electron chi connectivity index (χ2n) is 10.9. The number of carbonyl (C=O) groups excluding carboxylic acids is 1. The van der Waals surface area contributed by atoms with E-state index in [-0.39, 0.29) is 30.6 Å². The minimum atomic E-state index is -0.941. The molecule has 0 aliphatic carbocycles. The van der Waals surface area contributed by atoms with Gasteiger partial charge in [-0.25, -0.2) is 9.18 Å². The van der Waals surface area contributed by atoms with Crippen LogP contribution in [-0.2, 0) is 29.0 Å². The van der Waals surface area contributed by atoms with E-state index in [2.05, 4.69) is 10.1 Å². The molecular formula is C35H31FN4O7S. The van der Waals surface area contributed by atoms with Crippen molar-refractivity contribution in [2.45, 2.75) is 39.5 Å². The molecule has 6 aromatic rings. The van der Waals surface area contributed by atoms with Crippen LogP contribution in [0.1, 0.15) is 36.0 Å². The normalized spacial score (nSPS) is 11.9. The van der Waals surface area contributed by atoms with Gasteiger partial charge in [-0.1, -0.05) is 60.6 Å². The lowest BCUT2D eigenvalue weighted by Crippen LogP contribution is -2.41. The van der Waals surface area contributed by atoms with Gasteiger partial charge < -0.3 is 14.2 Å². The molecule has 48 heavy (non-hydrogen) atoms. The lowest BCUT2D eigenvalue weighted by Gasteiger charge is -2.20. The highest BCUT2D eigenvalue weighted by Gasteiger charge is 2.23. The van der Waals surface area contributed by atoms with E-state index < -0.39 is 29.1 Å². The molecule has 3 aromatic carbocycles. The first-order valence-corrected chi connectivity index (χ1v) is 15.9. The van der Waals surface area contributed by atoms with Gasteiger partial charge in [0.25, 0.3) is 5.56 Å². The Kier molecular flexibility index (Phi) is 9.21. The van der Waals surface area contributed by atoms with Crippen LogP contribution < -0.4 is 20.7 Å². The number of fused-ring (bicyclic) bond motifs is 1. The molecule has 0 N–H and O–H groups in total. The molecule has 0 bridgehead atoms. The Balaban J connectivity index is 1.41. The number of halogens is 1. The van der Waals surface area contributed by atoms with Gasteiger partial charge in [-0.3, -0.25) is 23.2 Å². The minimum absolute atomic E-state index is 0.00223. The first-order chi connectivity index (χ1) is 23.2. The van der Waals surface area contributed by atoms with Crippen molar-refractivity contribution in [1.29, 1.82) is 0 Å². The maximum atomic E-state index is 15.9. The van der Waals surface area contributed by atoms with E-state index in [1.165, 1.54) is 43.1 Å². The highest BCUT2D eigenvalue weighted by Crippen LogP contribution is 2.33. The fourth-order valence-corrected chi connectivity index (χ4v) is 6.54. The van der Waals surface area contributed by atoms with Crippen molar-refractivity contribution in [2.24, 2.45) is 0 Å². The molecule has 0 saturated heterocycles. The van der Waals surface area contributed by atoms with Crippen LogP contribution in [0.15, 0.2) is 86.9 Å². The Labute approximate surface area is 277 Å². The summed E-state index contributed by atoms with van der Waals surface area (Å²) in [7, 11) is 2.95. The number of methoxy groups -OCH3 is 2. The number of aryl methyl sites for hydroxylation is 1. The zero-order chi connectivity index (χ0) is 33.9. The predicted octanol–water partition coefficient (Wildman–Crippen LogP) is 6.01. The van der Waals surface area contributed by atoms with Crippen LogP contribution in [0.25, 0.3) is 32.7 Å². The number of aromatic nitrogens is 4. The lowest BCUT2D eigenvalue weighted by atomic mass is 9.98. The molecule has 0 aliphatic rings. The molecular weight excluding hydrogens is 639 g/mol. The number of rotatable bonds is 11. The molecule has 0 radical (unpaired) electrons. The molecule has 0 aliphatic heterocycles. The number of hydrogen-bond acceptors (Lipinski definition) is 10. The third kappa shape index (κ3) is 6.36. The monoisotopic (exact) mass is 670 g/mol. The van der Waals surface area contributed by atoms with Crippen LogP contribution in [-0.4, -0.2) is 39.5 Å². The van der Waals surface area contributed by atoms with E-state index in [9.17, 15) is 14.4 Å². The second-order valence-corrected chi connectivity index (χ2v) is 12.0. The van der Waals surface area contributed by atoms with Crippen molar-refractivity contribution < 1.29 is 27.9 Å².